The highest BCUT2D eigenvalue weighted by Gasteiger charge is 2.26. The van der Waals surface area contributed by atoms with Crippen molar-refractivity contribution in [2.24, 2.45) is 0 Å². The molecule has 0 saturated carbocycles. The molecule has 1 aliphatic carbocycles. The molecule has 37 heavy (non-hydrogen) atoms. The van der Waals surface area contributed by atoms with Gasteiger partial charge in [0.1, 0.15) is 23.5 Å². The fraction of sp³-hybridized carbons (Fsp3) is 0.240. The van der Waals surface area contributed by atoms with Gasteiger partial charge in [-0.05, 0) is 70.1 Å². The summed E-state index contributed by atoms with van der Waals surface area (Å²) in [7, 11) is 0. The zero-order valence-electron chi connectivity index (χ0n) is 19.9. The predicted octanol–water partition coefficient (Wildman–Crippen LogP) is 1.79. The molecular formula is C25H23FN8O3. The molecule has 0 aliphatic heterocycles. The molecule has 0 unspecified atom stereocenters. The lowest BCUT2D eigenvalue weighted by Crippen LogP contribution is -2.29. The fourth-order valence-corrected chi connectivity index (χ4v) is 4.37. The highest BCUT2D eigenvalue weighted by Crippen LogP contribution is 2.32. The van der Waals surface area contributed by atoms with Crippen LogP contribution >= 0.6 is 0 Å². The summed E-state index contributed by atoms with van der Waals surface area (Å²) in [6.45, 7) is 2.05. The average molecular weight is 503 g/mol. The van der Waals surface area contributed by atoms with E-state index in [0.29, 0.717) is 30.5 Å². The van der Waals surface area contributed by atoms with Gasteiger partial charge in [-0.2, -0.15) is 4.68 Å². The summed E-state index contributed by atoms with van der Waals surface area (Å²) in [4.78, 5) is 45.4. The first-order valence-electron chi connectivity index (χ1n) is 11.7. The highest BCUT2D eigenvalue weighted by atomic mass is 19.1. The molecule has 2 amide bonds. The second-order valence-corrected chi connectivity index (χ2v) is 8.62. The van der Waals surface area contributed by atoms with Crippen molar-refractivity contribution in [3.63, 3.8) is 0 Å². The molecule has 0 radical (unpaired) electrons. The van der Waals surface area contributed by atoms with Gasteiger partial charge in [0, 0.05) is 12.6 Å². The number of aryl methyl sites for hydroxylation is 2. The van der Waals surface area contributed by atoms with Crippen molar-refractivity contribution in [3.8, 4) is 5.69 Å². The van der Waals surface area contributed by atoms with Gasteiger partial charge in [-0.3, -0.25) is 9.59 Å². The minimum absolute atomic E-state index is 0.0486. The molecule has 2 aromatic heterocycles. The smallest absolute Gasteiger partial charge is 0.347 e. The van der Waals surface area contributed by atoms with Crippen LogP contribution in [0.3, 0.4) is 0 Å². The van der Waals surface area contributed by atoms with Crippen molar-refractivity contribution in [2.75, 3.05) is 0 Å². The number of benzene rings is 2. The van der Waals surface area contributed by atoms with E-state index in [1.807, 2.05) is 19.1 Å². The molecule has 2 aromatic carbocycles. The van der Waals surface area contributed by atoms with Crippen LogP contribution in [0.15, 0.2) is 53.6 Å². The van der Waals surface area contributed by atoms with Crippen LogP contribution in [0, 0.1) is 5.82 Å². The Labute approximate surface area is 210 Å². The fourth-order valence-electron chi connectivity index (χ4n) is 4.37. The van der Waals surface area contributed by atoms with E-state index in [4.69, 9.17) is 0 Å². The van der Waals surface area contributed by atoms with Crippen molar-refractivity contribution in [2.45, 2.75) is 38.8 Å². The Morgan fingerprint density at radius 3 is 2.68 bits per heavy atom. The van der Waals surface area contributed by atoms with Crippen molar-refractivity contribution in [1.29, 1.82) is 0 Å². The van der Waals surface area contributed by atoms with Crippen molar-refractivity contribution in [3.05, 3.63) is 98.7 Å². The number of fused-ring (bicyclic) bond motifs is 1. The van der Waals surface area contributed by atoms with Gasteiger partial charge in [-0.15, -0.1) is 0 Å². The number of nitrogens with zero attached hydrogens (tertiary/aromatic N) is 5. The molecule has 0 spiro atoms. The van der Waals surface area contributed by atoms with Gasteiger partial charge in [0.2, 0.25) is 0 Å². The number of halogens is 1. The number of tetrazole rings is 1. The Morgan fingerprint density at radius 1 is 1.11 bits per heavy atom. The molecule has 12 heteroatoms. The summed E-state index contributed by atoms with van der Waals surface area (Å²) in [6.07, 6.45) is 3.10. The number of H-pyrrole nitrogens is 1. The van der Waals surface area contributed by atoms with E-state index in [0.717, 1.165) is 16.7 Å². The summed E-state index contributed by atoms with van der Waals surface area (Å²) >= 11 is 0. The topological polar surface area (TPSA) is 148 Å². The maximum absolute atomic E-state index is 13.7. The number of hydrogen-bond donors (Lipinski definition) is 3. The van der Waals surface area contributed by atoms with Gasteiger partial charge < -0.3 is 10.6 Å². The number of rotatable bonds is 7. The van der Waals surface area contributed by atoms with Crippen LogP contribution < -0.4 is 16.3 Å². The molecule has 188 valence electrons. The van der Waals surface area contributed by atoms with Crippen molar-refractivity contribution in [1.82, 2.24) is 40.8 Å². The SMILES string of the molecule is CCc1cc(CNC(=O)c2cc(C(=O)N[C@H]3CCc4cc(-n5nn[nH]c5=O)ccc43)ncn2)ccc1F. The van der Waals surface area contributed by atoms with E-state index >= 15 is 0 Å². The number of aromatic nitrogens is 6. The summed E-state index contributed by atoms with van der Waals surface area (Å²) in [5.41, 5.74) is 3.53. The van der Waals surface area contributed by atoms with Gasteiger partial charge in [-0.1, -0.05) is 25.1 Å². The number of hydrogen-bond acceptors (Lipinski definition) is 7. The number of aromatic amines is 1. The average Bonchev–Trinajstić information content (AvgIpc) is 3.53. The van der Waals surface area contributed by atoms with Gasteiger partial charge in [0.15, 0.2) is 0 Å². The minimum atomic E-state index is -0.472. The zero-order valence-corrected chi connectivity index (χ0v) is 19.9. The number of carbonyl (C=O) groups excluding carboxylic acids is 2. The molecule has 5 rings (SSSR count). The van der Waals surface area contributed by atoms with Crippen LogP contribution in [0.4, 0.5) is 4.39 Å². The number of amides is 2. The quantitative estimate of drug-likeness (QED) is 0.349. The molecule has 0 fully saturated rings. The minimum Gasteiger partial charge on any atom is -0.347 e. The molecule has 2 heterocycles. The largest absolute Gasteiger partial charge is 0.365 e. The second-order valence-electron chi connectivity index (χ2n) is 8.62. The molecule has 1 aliphatic rings. The molecule has 3 N–H and O–H groups in total. The highest BCUT2D eigenvalue weighted by molar-refractivity contribution is 5.97. The normalized spacial score (nSPS) is 14.3. The van der Waals surface area contributed by atoms with Gasteiger partial charge in [0.05, 0.1) is 11.7 Å². The van der Waals surface area contributed by atoms with Gasteiger partial charge >= 0.3 is 5.69 Å². The maximum atomic E-state index is 13.7. The van der Waals surface area contributed by atoms with E-state index in [9.17, 15) is 18.8 Å². The summed E-state index contributed by atoms with van der Waals surface area (Å²) in [5.74, 6) is -1.18. The lowest BCUT2D eigenvalue weighted by atomic mass is 10.1. The lowest BCUT2D eigenvalue weighted by molar-refractivity contribution is 0.0931. The zero-order chi connectivity index (χ0) is 25.9. The predicted molar refractivity (Wildman–Crippen MR) is 129 cm³/mol. The Bertz CT molecular complexity index is 1550. The molecule has 0 saturated heterocycles. The van der Waals surface area contributed by atoms with E-state index in [-0.39, 0.29) is 29.8 Å². The standard InChI is InChI=1S/C25H23FN8O3/c1-2-15-9-14(3-7-19(15)26)12-27-23(35)21-11-22(29-13-28-21)24(36)30-20-8-4-16-10-17(5-6-18(16)20)34-25(37)31-32-33-34/h3,5-7,9-11,13,20H,2,4,8,12H2,1H3,(H,27,35)(H,30,36)(H,31,33,37)/t20-/m0/s1. The number of carbonyl (C=O) groups is 2. The Morgan fingerprint density at radius 2 is 1.92 bits per heavy atom. The monoisotopic (exact) mass is 502 g/mol. The molecule has 11 nitrogen and oxygen atoms in total. The van der Waals surface area contributed by atoms with Crippen LogP contribution in [-0.2, 0) is 19.4 Å². The van der Waals surface area contributed by atoms with Crippen molar-refractivity contribution < 1.29 is 14.0 Å². The first kappa shape index (κ1) is 24.0. The summed E-state index contributed by atoms with van der Waals surface area (Å²) in [6, 6.07) is 11.2. The van der Waals surface area contributed by atoms with E-state index in [2.05, 4.69) is 36.1 Å². The summed E-state index contributed by atoms with van der Waals surface area (Å²) in [5, 5.41) is 15.2. The Balaban J connectivity index is 1.24. The van der Waals surface area contributed by atoms with E-state index in [1.165, 1.54) is 23.1 Å². The third-order valence-corrected chi connectivity index (χ3v) is 6.30. The summed E-state index contributed by atoms with van der Waals surface area (Å²) < 4.78 is 14.9. The first-order valence-corrected chi connectivity index (χ1v) is 11.7. The third-order valence-electron chi connectivity index (χ3n) is 6.30. The molecule has 4 aromatic rings. The van der Waals surface area contributed by atoms with E-state index < -0.39 is 17.5 Å². The third kappa shape index (κ3) is 4.99. The Hall–Kier alpha value is -4.74. The Kier molecular flexibility index (Phi) is 6.54. The molecular weight excluding hydrogens is 479 g/mol. The van der Waals surface area contributed by atoms with Crippen LogP contribution in [0.5, 0.6) is 0 Å². The first-order chi connectivity index (χ1) is 17.9. The second kappa shape index (κ2) is 10.1. The number of nitrogens with one attached hydrogen (secondary N) is 3. The van der Waals surface area contributed by atoms with Crippen LogP contribution in [0.25, 0.3) is 5.69 Å². The van der Waals surface area contributed by atoms with E-state index in [1.54, 1.807) is 18.2 Å². The van der Waals surface area contributed by atoms with Crippen LogP contribution in [-0.4, -0.2) is 42.0 Å². The van der Waals surface area contributed by atoms with Gasteiger partial charge in [-0.25, -0.2) is 24.3 Å². The molecule has 1 atom stereocenters. The maximum Gasteiger partial charge on any atom is 0.365 e. The van der Waals surface area contributed by atoms with Gasteiger partial charge in [0.25, 0.3) is 11.8 Å². The van der Waals surface area contributed by atoms with Crippen molar-refractivity contribution >= 4 is 11.8 Å². The van der Waals surface area contributed by atoms with Crippen LogP contribution in [0.2, 0.25) is 0 Å². The van der Waals surface area contributed by atoms with Crippen LogP contribution in [0.1, 0.15) is 62.6 Å². The molecule has 0 bridgehead atoms. The lowest BCUT2D eigenvalue weighted by Gasteiger charge is -2.14.